The van der Waals surface area contributed by atoms with Gasteiger partial charge in [-0.3, -0.25) is 4.79 Å². The monoisotopic (exact) mass is 450 g/mol. The molecule has 0 aliphatic carbocycles. The maximum Gasteiger partial charge on any atom is 0.234 e. The maximum atomic E-state index is 12.4. The lowest BCUT2D eigenvalue weighted by atomic mass is 10.1. The molecule has 1 aromatic carbocycles. The third-order valence-corrected chi connectivity index (χ3v) is 7.55. The van der Waals surface area contributed by atoms with Crippen molar-refractivity contribution in [2.24, 2.45) is 0 Å². The van der Waals surface area contributed by atoms with Gasteiger partial charge in [-0.2, -0.15) is 0 Å². The smallest absolute Gasteiger partial charge is 0.234 e. The van der Waals surface area contributed by atoms with Gasteiger partial charge in [0.25, 0.3) is 0 Å². The van der Waals surface area contributed by atoms with Gasteiger partial charge in [-0.25, -0.2) is 8.42 Å². The second kappa shape index (κ2) is 8.68. The number of anilines is 1. The zero-order chi connectivity index (χ0) is 21.1. The van der Waals surface area contributed by atoms with Crippen LogP contribution in [0, 0.1) is 0 Å². The molecule has 0 spiro atoms. The Morgan fingerprint density at radius 1 is 1.30 bits per heavy atom. The third-order valence-electron chi connectivity index (χ3n) is 4.81. The summed E-state index contributed by atoms with van der Waals surface area (Å²) in [6.45, 7) is 5.19. The number of fused-ring (bicyclic) bond motifs is 1. The zero-order valence-electron chi connectivity index (χ0n) is 16.2. The molecule has 9 nitrogen and oxygen atoms in total. The van der Waals surface area contributed by atoms with E-state index in [0.717, 1.165) is 0 Å². The predicted molar refractivity (Wildman–Crippen MR) is 113 cm³/mol. The van der Waals surface area contributed by atoms with Crippen LogP contribution in [0.3, 0.4) is 0 Å². The largest absolute Gasteiger partial charge is 0.486 e. The Bertz CT molecular complexity index is 1070. The Morgan fingerprint density at radius 2 is 2.10 bits per heavy atom. The predicted octanol–water partition coefficient (Wildman–Crippen LogP) is 1.87. The number of hydrogen-bond donors (Lipinski definition) is 1. The average Bonchev–Trinajstić information content (AvgIpc) is 3.29. The molecule has 1 saturated heterocycles. The molecule has 1 amide bonds. The van der Waals surface area contributed by atoms with Crippen LogP contribution in [0.1, 0.15) is 18.2 Å². The van der Waals surface area contributed by atoms with E-state index in [9.17, 15) is 13.2 Å². The molecular weight excluding hydrogens is 428 g/mol. The van der Waals surface area contributed by atoms with Gasteiger partial charge < -0.3 is 19.4 Å². The number of rotatable bonds is 7. The molecule has 1 N–H and O–H groups in total. The Morgan fingerprint density at radius 3 is 2.83 bits per heavy atom. The standard InChI is InChI=1S/C19H22N4O5S2/c1-2-6-23-18(13-5-9-30(25,26)12-13)21-22-19(23)29-11-17(24)20-14-3-4-15-16(10-14)28-8-7-27-15/h2-4,10,13H,1,5-9,11-12H2,(H,20,24). The molecule has 1 atom stereocenters. The molecule has 30 heavy (non-hydrogen) atoms. The minimum atomic E-state index is -3.03. The normalized spacial score (nSPS) is 19.4. The van der Waals surface area contributed by atoms with Crippen LogP contribution in [0.4, 0.5) is 5.69 Å². The van der Waals surface area contributed by atoms with Gasteiger partial charge in [0, 0.05) is 24.2 Å². The van der Waals surface area contributed by atoms with E-state index < -0.39 is 9.84 Å². The molecule has 1 fully saturated rings. The van der Waals surface area contributed by atoms with Gasteiger partial charge in [0.05, 0.1) is 17.3 Å². The van der Waals surface area contributed by atoms with Crippen LogP contribution in [0.5, 0.6) is 11.5 Å². The Labute approximate surface area is 178 Å². The lowest BCUT2D eigenvalue weighted by Gasteiger charge is -2.19. The summed E-state index contributed by atoms with van der Waals surface area (Å²) in [6, 6.07) is 5.25. The van der Waals surface area contributed by atoms with Crippen LogP contribution in [-0.2, 0) is 21.2 Å². The van der Waals surface area contributed by atoms with Crippen molar-refractivity contribution >= 4 is 33.2 Å². The molecule has 160 valence electrons. The zero-order valence-corrected chi connectivity index (χ0v) is 17.9. The minimum Gasteiger partial charge on any atom is -0.486 e. The van der Waals surface area contributed by atoms with Crippen LogP contribution in [-0.4, -0.2) is 59.6 Å². The van der Waals surface area contributed by atoms with Crippen molar-refractivity contribution in [3.8, 4) is 11.5 Å². The van der Waals surface area contributed by atoms with E-state index in [2.05, 4.69) is 22.1 Å². The number of ether oxygens (including phenoxy) is 2. The van der Waals surface area contributed by atoms with Crippen molar-refractivity contribution < 1.29 is 22.7 Å². The summed E-state index contributed by atoms with van der Waals surface area (Å²) in [7, 11) is -3.03. The molecule has 1 unspecified atom stereocenters. The number of thioether (sulfide) groups is 1. The summed E-state index contributed by atoms with van der Waals surface area (Å²) >= 11 is 1.25. The Hall–Kier alpha value is -2.53. The minimum absolute atomic E-state index is 0.0809. The highest BCUT2D eigenvalue weighted by Crippen LogP contribution is 2.33. The van der Waals surface area contributed by atoms with Gasteiger partial charge in [-0.1, -0.05) is 17.8 Å². The number of carbonyl (C=O) groups excluding carboxylic acids is 1. The van der Waals surface area contributed by atoms with E-state index >= 15 is 0 Å². The average molecular weight is 451 g/mol. The van der Waals surface area contributed by atoms with Crippen LogP contribution >= 0.6 is 11.8 Å². The molecule has 0 saturated carbocycles. The number of nitrogens with one attached hydrogen (secondary N) is 1. The number of sulfone groups is 1. The maximum absolute atomic E-state index is 12.4. The number of amides is 1. The lowest BCUT2D eigenvalue weighted by Crippen LogP contribution is -2.17. The van der Waals surface area contributed by atoms with E-state index in [-0.39, 0.29) is 29.1 Å². The number of aromatic nitrogens is 3. The van der Waals surface area contributed by atoms with Crippen molar-refractivity contribution in [3.63, 3.8) is 0 Å². The number of hydrogen-bond acceptors (Lipinski definition) is 8. The van der Waals surface area contributed by atoms with Crippen LogP contribution in [0.2, 0.25) is 0 Å². The molecule has 0 radical (unpaired) electrons. The van der Waals surface area contributed by atoms with E-state index in [1.54, 1.807) is 24.3 Å². The molecule has 3 heterocycles. The lowest BCUT2D eigenvalue weighted by molar-refractivity contribution is -0.113. The van der Waals surface area contributed by atoms with Crippen molar-refractivity contribution in [1.29, 1.82) is 0 Å². The fraction of sp³-hybridized carbons (Fsp3) is 0.421. The molecule has 4 rings (SSSR count). The molecule has 2 aliphatic heterocycles. The van der Waals surface area contributed by atoms with Gasteiger partial charge in [0.15, 0.2) is 26.5 Å². The third kappa shape index (κ3) is 4.62. The summed E-state index contributed by atoms with van der Waals surface area (Å²) in [4.78, 5) is 12.4. The van der Waals surface area contributed by atoms with E-state index in [1.807, 2.05) is 4.57 Å². The van der Waals surface area contributed by atoms with Crippen molar-refractivity contribution in [2.45, 2.75) is 24.0 Å². The molecule has 1 aromatic heterocycles. The van der Waals surface area contributed by atoms with E-state index in [0.29, 0.717) is 54.3 Å². The van der Waals surface area contributed by atoms with Crippen LogP contribution < -0.4 is 14.8 Å². The van der Waals surface area contributed by atoms with Gasteiger partial charge in [-0.05, 0) is 18.6 Å². The molecular formula is C19H22N4O5S2. The van der Waals surface area contributed by atoms with Gasteiger partial charge >= 0.3 is 0 Å². The number of carbonyl (C=O) groups is 1. The second-order valence-corrected chi connectivity index (χ2v) is 10.2. The number of allylic oxidation sites excluding steroid dienone is 1. The summed E-state index contributed by atoms with van der Waals surface area (Å²) < 4.78 is 36.5. The summed E-state index contributed by atoms with van der Waals surface area (Å²) in [6.07, 6.45) is 2.24. The fourth-order valence-corrected chi connectivity index (χ4v) is 5.95. The van der Waals surface area contributed by atoms with E-state index in [1.165, 1.54) is 11.8 Å². The molecule has 0 bridgehead atoms. The van der Waals surface area contributed by atoms with Gasteiger partial charge in [0.1, 0.15) is 19.0 Å². The quantitative estimate of drug-likeness (QED) is 0.503. The van der Waals surface area contributed by atoms with E-state index in [4.69, 9.17) is 9.47 Å². The van der Waals surface area contributed by atoms with Crippen molar-refractivity contribution in [3.05, 3.63) is 36.7 Å². The molecule has 11 heteroatoms. The first kappa shape index (κ1) is 20.7. The van der Waals surface area contributed by atoms with Crippen LogP contribution in [0.15, 0.2) is 36.0 Å². The summed E-state index contributed by atoms with van der Waals surface area (Å²) in [5.74, 6) is 1.90. The van der Waals surface area contributed by atoms with Crippen molar-refractivity contribution in [2.75, 3.05) is 35.8 Å². The molecule has 2 aromatic rings. The van der Waals surface area contributed by atoms with Gasteiger partial charge in [-0.15, -0.1) is 16.8 Å². The first-order valence-corrected chi connectivity index (χ1v) is 12.3. The highest BCUT2D eigenvalue weighted by atomic mass is 32.2. The first-order valence-electron chi connectivity index (χ1n) is 9.52. The SMILES string of the molecule is C=CCn1c(SCC(=O)Nc2ccc3c(c2)OCCO3)nnc1C1CCS(=O)(=O)C1. The number of benzene rings is 1. The van der Waals surface area contributed by atoms with Crippen LogP contribution in [0.25, 0.3) is 0 Å². The highest BCUT2D eigenvalue weighted by molar-refractivity contribution is 7.99. The summed E-state index contributed by atoms with van der Waals surface area (Å²) in [5, 5.41) is 11.8. The summed E-state index contributed by atoms with van der Waals surface area (Å²) in [5.41, 5.74) is 0.620. The number of nitrogens with zero attached hydrogens (tertiary/aromatic N) is 3. The topological polar surface area (TPSA) is 112 Å². The molecule has 2 aliphatic rings. The first-order chi connectivity index (χ1) is 14.4. The van der Waals surface area contributed by atoms with Gasteiger partial charge in [0.2, 0.25) is 5.91 Å². The highest BCUT2D eigenvalue weighted by Gasteiger charge is 2.33. The Balaban J connectivity index is 1.40. The fourth-order valence-electron chi connectivity index (χ4n) is 3.46. The Kier molecular flexibility index (Phi) is 6.00. The second-order valence-electron chi connectivity index (χ2n) is 7.04. The van der Waals surface area contributed by atoms with Crippen molar-refractivity contribution in [1.82, 2.24) is 14.8 Å².